The highest BCUT2D eigenvalue weighted by atomic mass is 79.9. The Morgan fingerprint density at radius 2 is 2.47 bits per heavy atom. The summed E-state index contributed by atoms with van der Waals surface area (Å²) in [4.78, 5) is 11.7. The Morgan fingerprint density at radius 3 is 3.00 bits per heavy atom. The third kappa shape index (κ3) is 4.32. The fraction of sp³-hybridized carbons (Fsp3) is 0.500. The van der Waals surface area contributed by atoms with E-state index >= 15 is 0 Å². The number of ether oxygens (including phenoxy) is 1. The summed E-state index contributed by atoms with van der Waals surface area (Å²) in [5.74, 6) is -0.0273. The molecular formula is C10H14BrNO2S. The second-order valence-electron chi connectivity index (χ2n) is 3.30. The molecule has 0 aliphatic heterocycles. The van der Waals surface area contributed by atoms with Crippen molar-refractivity contribution in [2.45, 2.75) is 19.4 Å². The Balaban J connectivity index is 2.42. The van der Waals surface area contributed by atoms with Crippen molar-refractivity contribution in [2.75, 3.05) is 13.7 Å². The van der Waals surface area contributed by atoms with Gasteiger partial charge in [-0.3, -0.25) is 4.79 Å². The Labute approximate surface area is 102 Å². The Bertz CT molecular complexity index is 327. The predicted molar refractivity (Wildman–Crippen MR) is 65.4 cm³/mol. The average molecular weight is 292 g/mol. The van der Waals surface area contributed by atoms with Crippen LogP contribution in [0.3, 0.4) is 0 Å². The number of carbonyl (C=O) groups is 1. The second-order valence-corrected chi connectivity index (χ2v) is 5.59. The lowest BCUT2D eigenvalue weighted by atomic mass is 10.2. The third-order valence-corrected chi connectivity index (χ3v) is 3.47. The van der Waals surface area contributed by atoms with Crippen LogP contribution in [0.4, 0.5) is 0 Å². The first-order chi connectivity index (χ1) is 7.13. The van der Waals surface area contributed by atoms with Crippen LogP contribution >= 0.6 is 27.3 Å². The maximum Gasteiger partial charge on any atom is 0.252 e. The van der Waals surface area contributed by atoms with Crippen molar-refractivity contribution in [1.29, 1.82) is 0 Å². The fourth-order valence-corrected chi connectivity index (χ4v) is 2.24. The van der Waals surface area contributed by atoms with Crippen LogP contribution in [0.15, 0.2) is 15.2 Å². The minimum Gasteiger partial charge on any atom is -0.385 e. The van der Waals surface area contributed by atoms with Crippen LogP contribution in [0.2, 0.25) is 0 Å². The summed E-state index contributed by atoms with van der Waals surface area (Å²) in [7, 11) is 1.66. The predicted octanol–water partition coefficient (Wildman–Crippen LogP) is 2.67. The Hall–Kier alpha value is -0.390. The van der Waals surface area contributed by atoms with Crippen LogP contribution < -0.4 is 5.32 Å². The van der Waals surface area contributed by atoms with Gasteiger partial charge in [0.25, 0.3) is 5.91 Å². The minimum absolute atomic E-state index is 0.0273. The number of halogens is 1. The van der Waals surface area contributed by atoms with Crippen LogP contribution in [0.1, 0.15) is 23.7 Å². The zero-order valence-corrected chi connectivity index (χ0v) is 11.2. The van der Waals surface area contributed by atoms with Gasteiger partial charge in [0.15, 0.2) is 0 Å². The van der Waals surface area contributed by atoms with E-state index in [-0.39, 0.29) is 11.9 Å². The second kappa shape index (κ2) is 6.25. The van der Waals surface area contributed by atoms with Crippen LogP contribution in [0, 0.1) is 0 Å². The molecule has 1 N–H and O–H groups in total. The molecule has 1 atom stereocenters. The summed E-state index contributed by atoms with van der Waals surface area (Å²) < 4.78 is 5.92. The molecule has 0 fully saturated rings. The maximum atomic E-state index is 11.7. The van der Waals surface area contributed by atoms with E-state index in [1.165, 1.54) is 11.3 Å². The number of thiophene rings is 1. The molecule has 0 spiro atoms. The van der Waals surface area contributed by atoms with Crippen molar-refractivity contribution in [1.82, 2.24) is 5.32 Å². The molecule has 0 bridgehead atoms. The molecule has 0 aliphatic carbocycles. The van der Waals surface area contributed by atoms with Crippen molar-refractivity contribution in [3.05, 3.63) is 20.8 Å². The number of carbonyl (C=O) groups excluding carboxylic acids is 1. The maximum absolute atomic E-state index is 11.7. The summed E-state index contributed by atoms with van der Waals surface area (Å²) in [6.45, 7) is 2.63. The van der Waals surface area contributed by atoms with Gasteiger partial charge in [0, 0.05) is 25.1 Å². The molecule has 1 aromatic heterocycles. The highest BCUT2D eigenvalue weighted by molar-refractivity contribution is 9.11. The third-order valence-electron chi connectivity index (χ3n) is 1.96. The molecule has 3 nitrogen and oxygen atoms in total. The zero-order valence-electron chi connectivity index (χ0n) is 8.75. The van der Waals surface area contributed by atoms with Gasteiger partial charge in [0.2, 0.25) is 0 Å². The zero-order chi connectivity index (χ0) is 11.3. The lowest BCUT2D eigenvalue weighted by Gasteiger charge is -2.12. The number of rotatable bonds is 5. The van der Waals surface area contributed by atoms with Crippen molar-refractivity contribution in [2.24, 2.45) is 0 Å². The van der Waals surface area contributed by atoms with Gasteiger partial charge < -0.3 is 10.1 Å². The average Bonchev–Trinajstić information content (AvgIpc) is 2.61. The van der Waals surface area contributed by atoms with Crippen LogP contribution in [-0.2, 0) is 4.74 Å². The smallest absolute Gasteiger partial charge is 0.252 e. The van der Waals surface area contributed by atoms with Crippen molar-refractivity contribution < 1.29 is 9.53 Å². The Kier molecular flexibility index (Phi) is 5.28. The minimum atomic E-state index is -0.0273. The quantitative estimate of drug-likeness (QED) is 0.906. The van der Waals surface area contributed by atoms with Gasteiger partial charge in [-0.25, -0.2) is 0 Å². The summed E-state index contributed by atoms with van der Waals surface area (Å²) in [6, 6.07) is 1.96. The SMILES string of the molecule is COCCC(C)NC(=O)c1csc(Br)c1. The van der Waals surface area contributed by atoms with E-state index in [0.717, 1.165) is 10.2 Å². The Morgan fingerprint density at radius 1 is 1.73 bits per heavy atom. The van der Waals surface area contributed by atoms with Crippen LogP contribution in [0.25, 0.3) is 0 Å². The summed E-state index contributed by atoms with van der Waals surface area (Å²) in [6.07, 6.45) is 0.827. The molecule has 1 heterocycles. The first kappa shape index (κ1) is 12.7. The van der Waals surface area contributed by atoms with E-state index in [0.29, 0.717) is 12.2 Å². The number of hydrogen-bond acceptors (Lipinski definition) is 3. The van der Waals surface area contributed by atoms with Gasteiger partial charge in [-0.1, -0.05) is 0 Å². The molecule has 0 aliphatic rings. The largest absolute Gasteiger partial charge is 0.385 e. The van der Waals surface area contributed by atoms with Crippen molar-refractivity contribution in [3.8, 4) is 0 Å². The van der Waals surface area contributed by atoms with Gasteiger partial charge in [-0.05, 0) is 35.3 Å². The summed E-state index contributed by atoms with van der Waals surface area (Å²) in [5.41, 5.74) is 0.705. The van der Waals surface area contributed by atoms with E-state index in [2.05, 4.69) is 21.2 Å². The van der Waals surface area contributed by atoms with Crippen LogP contribution in [-0.4, -0.2) is 25.7 Å². The summed E-state index contributed by atoms with van der Waals surface area (Å²) >= 11 is 4.84. The molecule has 1 aromatic rings. The molecular weight excluding hydrogens is 278 g/mol. The molecule has 1 rings (SSSR count). The van der Waals surface area contributed by atoms with E-state index in [9.17, 15) is 4.79 Å². The van der Waals surface area contributed by atoms with Gasteiger partial charge in [0.05, 0.1) is 9.35 Å². The standard InChI is InChI=1S/C10H14BrNO2S/c1-7(3-4-14-2)12-10(13)8-5-9(11)15-6-8/h5-7H,3-4H2,1-2H3,(H,12,13). The molecule has 1 amide bonds. The van der Waals surface area contributed by atoms with Crippen molar-refractivity contribution >= 4 is 33.2 Å². The lowest BCUT2D eigenvalue weighted by molar-refractivity contribution is 0.0930. The normalized spacial score (nSPS) is 12.5. The lowest BCUT2D eigenvalue weighted by Crippen LogP contribution is -2.33. The molecule has 0 radical (unpaired) electrons. The van der Waals surface area contributed by atoms with E-state index < -0.39 is 0 Å². The highest BCUT2D eigenvalue weighted by Gasteiger charge is 2.10. The molecule has 0 saturated heterocycles. The van der Waals surface area contributed by atoms with Gasteiger partial charge >= 0.3 is 0 Å². The highest BCUT2D eigenvalue weighted by Crippen LogP contribution is 2.20. The van der Waals surface area contributed by atoms with Crippen molar-refractivity contribution in [3.63, 3.8) is 0 Å². The van der Waals surface area contributed by atoms with Gasteiger partial charge in [-0.15, -0.1) is 11.3 Å². The summed E-state index contributed by atoms with van der Waals surface area (Å²) in [5, 5.41) is 4.75. The first-order valence-electron chi connectivity index (χ1n) is 4.67. The number of amides is 1. The molecule has 0 aromatic carbocycles. The molecule has 5 heteroatoms. The number of hydrogen-bond donors (Lipinski definition) is 1. The van der Waals surface area contributed by atoms with E-state index in [4.69, 9.17) is 4.74 Å². The van der Waals surface area contributed by atoms with E-state index in [1.807, 2.05) is 18.4 Å². The van der Waals surface area contributed by atoms with Gasteiger partial charge in [-0.2, -0.15) is 0 Å². The van der Waals surface area contributed by atoms with Gasteiger partial charge in [0.1, 0.15) is 0 Å². The molecule has 84 valence electrons. The first-order valence-corrected chi connectivity index (χ1v) is 6.34. The fourth-order valence-electron chi connectivity index (χ4n) is 1.10. The van der Waals surface area contributed by atoms with Crippen LogP contribution in [0.5, 0.6) is 0 Å². The number of nitrogens with one attached hydrogen (secondary N) is 1. The van der Waals surface area contributed by atoms with E-state index in [1.54, 1.807) is 7.11 Å². The topological polar surface area (TPSA) is 38.3 Å². The molecule has 1 unspecified atom stereocenters. The number of methoxy groups -OCH3 is 1. The molecule has 15 heavy (non-hydrogen) atoms. The monoisotopic (exact) mass is 291 g/mol. The molecule has 0 saturated carbocycles.